The van der Waals surface area contributed by atoms with Gasteiger partial charge < -0.3 is 16.2 Å². The van der Waals surface area contributed by atoms with Crippen LogP contribution in [0.25, 0.3) is 0 Å². The highest BCUT2D eigenvalue weighted by molar-refractivity contribution is 5.90. The summed E-state index contributed by atoms with van der Waals surface area (Å²) in [5, 5.41) is 0. The Balaban J connectivity index is 2.02. The third-order valence-electron chi connectivity index (χ3n) is 3.83. The molecule has 4 nitrogen and oxygen atoms in total. The lowest BCUT2D eigenvalue weighted by Gasteiger charge is -2.22. The fourth-order valence-electron chi connectivity index (χ4n) is 2.65. The molecule has 1 aliphatic carbocycles. The quantitative estimate of drug-likeness (QED) is 0.653. The molecule has 0 bridgehead atoms. The van der Waals surface area contributed by atoms with E-state index >= 15 is 0 Å². The van der Waals surface area contributed by atoms with E-state index in [1.165, 1.54) is 43.9 Å². The fourth-order valence-corrected chi connectivity index (χ4v) is 2.65. The third kappa shape index (κ3) is 3.61. The van der Waals surface area contributed by atoms with Crippen LogP contribution >= 0.6 is 0 Å². The van der Waals surface area contributed by atoms with E-state index in [-0.39, 0.29) is 12.3 Å². The monoisotopic (exact) mass is 274 g/mol. The SMILES string of the molecule is N/C=C(\CN)OC(=O)c1ccc(C2CCCCC2)cc1. The summed E-state index contributed by atoms with van der Waals surface area (Å²) in [5.74, 6) is 0.506. The third-order valence-corrected chi connectivity index (χ3v) is 3.83. The van der Waals surface area contributed by atoms with Gasteiger partial charge in [0.25, 0.3) is 0 Å². The van der Waals surface area contributed by atoms with E-state index in [0.717, 1.165) is 0 Å². The topological polar surface area (TPSA) is 78.3 Å². The second-order valence-corrected chi connectivity index (χ2v) is 5.18. The van der Waals surface area contributed by atoms with Crippen molar-refractivity contribution in [3.63, 3.8) is 0 Å². The summed E-state index contributed by atoms with van der Waals surface area (Å²) >= 11 is 0. The minimum atomic E-state index is -0.414. The Bertz CT molecular complexity index is 474. The van der Waals surface area contributed by atoms with E-state index in [1.807, 2.05) is 24.3 Å². The van der Waals surface area contributed by atoms with Crippen LogP contribution in [0.4, 0.5) is 0 Å². The van der Waals surface area contributed by atoms with Gasteiger partial charge in [0.2, 0.25) is 0 Å². The van der Waals surface area contributed by atoms with Crippen molar-refractivity contribution in [1.29, 1.82) is 0 Å². The van der Waals surface area contributed by atoms with E-state index in [9.17, 15) is 4.79 Å². The van der Waals surface area contributed by atoms with Crippen molar-refractivity contribution < 1.29 is 9.53 Å². The van der Waals surface area contributed by atoms with Crippen molar-refractivity contribution in [2.45, 2.75) is 38.0 Å². The van der Waals surface area contributed by atoms with Crippen molar-refractivity contribution in [2.75, 3.05) is 6.54 Å². The Hall–Kier alpha value is -1.81. The molecule has 0 saturated heterocycles. The first-order valence-corrected chi connectivity index (χ1v) is 7.17. The van der Waals surface area contributed by atoms with Gasteiger partial charge in [-0.2, -0.15) is 0 Å². The Kier molecular flexibility index (Phi) is 5.18. The average molecular weight is 274 g/mol. The predicted molar refractivity (Wildman–Crippen MR) is 79.0 cm³/mol. The van der Waals surface area contributed by atoms with Crippen LogP contribution in [0.15, 0.2) is 36.2 Å². The van der Waals surface area contributed by atoms with Crippen LogP contribution in [0.3, 0.4) is 0 Å². The molecular weight excluding hydrogens is 252 g/mol. The summed E-state index contributed by atoms with van der Waals surface area (Å²) in [5.41, 5.74) is 12.6. The molecule has 0 aliphatic heterocycles. The predicted octanol–water partition coefficient (Wildman–Crippen LogP) is 2.65. The van der Waals surface area contributed by atoms with E-state index < -0.39 is 5.97 Å². The smallest absolute Gasteiger partial charge is 0.343 e. The van der Waals surface area contributed by atoms with Gasteiger partial charge in [-0.3, -0.25) is 0 Å². The second-order valence-electron chi connectivity index (χ2n) is 5.18. The molecule has 0 unspecified atom stereocenters. The minimum absolute atomic E-state index is 0.113. The molecule has 108 valence electrons. The average Bonchev–Trinajstić information content (AvgIpc) is 2.53. The standard InChI is InChI=1S/C16H22N2O2/c17-10-15(11-18)20-16(19)14-8-6-13(7-9-14)12-4-2-1-3-5-12/h6-10,12H,1-5,11,17-18H2/b15-10+. The molecule has 20 heavy (non-hydrogen) atoms. The molecule has 2 rings (SSSR count). The van der Waals surface area contributed by atoms with Crippen LogP contribution in [-0.2, 0) is 4.74 Å². The first kappa shape index (κ1) is 14.6. The molecule has 4 N–H and O–H groups in total. The molecule has 1 saturated carbocycles. The van der Waals surface area contributed by atoms with Gasteiger partial charge >= 0.3 is 5.97 Å². The summed E-state index contributed by atoms with van der Waals surface area (Å²) in [7, 11) is 0. The maximum atomic E-state index is 11.9. The lowest BCUT2D eigenvalue weighted by molar-refractivity contribution is 0.0620. The number of ether oxygens (including phenoxy) is 1. The minimum Gasteiger partial charge on any atom is -0.425 e. The van der Waals surface area contributed by atoms with Crippen molar-refractivity contribution in [3.8, 4) is 0 Å². The Morgan fingerprint density at radius 3 is 2.40 bits per heavy atom. The Labute approximate surface area is 119 Å². The highest BCUT2D eigenvalue weighted by Crippen LogP contribution is 2.32. The molecule has 0 spiro atoms. The molecule has 0 radical (unpaired) electrons. The molecule has 0 aromatic heterocycles. The molecule has 1 fully saturated rings. The van der Waals surface area contributed by atoms with E-state index in [2.05, 4.69) is 0 Å². The summed E-state index contributed by atoms with van der Waals surface area (Å²) in [6, 6.07) is 7.69. The van der Waals surface area contributed by atoms with Crippen LogP contribution in [0.2, 0.25) is 0 Å². The molecule has 0 atom stereocenters. The summed E-state index contributed by atoms with van der Waals surface area (Å²) < 4.78 is 5.09. The van der Waals surface area contributed by atoms with Gasteiger partial charge in [-0.25, -0.2) is 4.79 Å². The zero-order chi connectivity index (χ0) is 14.4. The second kappa shape index (κ2) is 7.10. The van der Waals surface area contributed by atoms with Crippen LogP contribution in [0.1, 0.15) is 53.9 Å². The van der Waals surface area contributed by atoms with Gasteiger partial charge in [-0.1, -0.05) is 31.4 Å². The number of nitrogens with two attached hydrogens (primary N) is 2. The zero-order valence-electron chi connectivity index (χ0n) is 11.7. The molecule has 0 heterocycles. The van der Waals surface area contributed by atoms with E-state index in [1.54, 1.807) is 0 Å². The van der Waals surface area contributed by atoms with Crippen molar-refractivity contribution in [1.82, 2.24) is 0 Å². The van der Waals surface area contributed by atoms with Gasteiger partial charge in [0.15, 0.2) is 0 Å². The Morgan fingerprint density at radius 2 is 1.85 bits per heavy atom. The highest BCUT2D eigenvalue weighted by atomic mass is 16.5. The lowest BCUT2D eigenvalue weighted by atomic mass is 9.84. The number of rotatable bonds is 4. The molecular formula is C16H22N2O2. The zero-order valence-corrected chi connectivity index (χ0v) is 11.7. The molecule has 1 aromatic carbocycles. The van der Waals surface area contributed by atoms with Crippen LogP contribution in [-0.4, -0.2) is 12.5 Å². The number of benzene rings is 1. The van der Waals surface area contributed by atoms with Crippen LogP contribution < -0.4 is 11.5 Å². The number of hydrogen-bond acceptors (Lipinski definition) is 4. The summed E-state index contributed by atoms with van der Waals surface area (Å²) in [6.07, 6.45) is 7.65. The Morgan fingerprint density at radius 1 is 1.20 bits per heavy atom. The largest absolute Gasteiger partial charge is 0.425 e. The van der Waals surface area contributed by atoms with Crippen LogP contribution in [0, 0.1) is 0 Å². The molecule has 0 amide bonds. The van der Waals surface area contributed by atoms with Gasteiger partial charge in [-0.15, -0.1) is 0 Å². The van der Waals surface area contributed by atoms with Crippen LogP contribution in [0.5, 0.6) is 0 Å². The maximum Gasteiger partial charge on any atom is 0.343 e. The fraction of sp³-hybridized carbons (Fsp3) is 0.438. The number of carbonyl (C=O) groups excluding carboxylic acids is 1. The maximum absolute atomic E-state index is 11.9. The summed E-state index contributed by atoms with van der Waals surface area (Å²) in [4.78, 5) is 11.9. The molecule has 4 heteroatoms. The van der Waals surface area contributed by atoms with E-state index in [0.29, 0.717) is 11.5 Å². The summed E-state index contributed by atoms with van der Waals surface area (Å²) in [6.45, 7) is 0.113. The first-order valence-electron chi connectivity index (χ1n) is 7.17. The van der Waals surface area contributed by atoms with Crippen molar-refractivity contribution in [2.24, 2.45) is 11.5 Å². The molecule has 1 aliphatic rings. The van der Waals surface area contributed by atoms with Gasteiger partial charge in [0.1, 0.15) is 5.76 Å². The lowest BCUT2D eigenvalue weighted by Crippen LogP contribution is -2.13. The number of esters is 1. The highest BCUT2D eigenvalue weighted by Gasteiger charge is 2.16. The normalized spacial score (nSPS) is 16.9. The van der Waals surface area contributed by atoms with Gasteiger partial charge in [-0.05, 0) is 36.5 Å². The van der Waals surface area contributed by atoms with Crippen molar-refractivity contribution in [3.05, 3.63) is 47.4 Å². The number of hydrogen-bond donors (Lipinski definition) is 2. The first-order chi connectivity index (χ1) is 9.74. The van der Waals surface area contributed by atoms with Gasteiger partial charge in [0, 0.05) is 6.20 Å². The molecule has 1 aromatic rings. The van der Waals surface area contributed by atoms with E-state index in [4.69, 9.17) is 16.2 Å². The van der Waals surface area contributed by atoms with Crippen molar-refractivity contribution >= 4 is 5.97 Å². The number of carbonyl (C=O) groups is 1. The van der Waals surface area contributed by atoms with Gasteiger partial charge in [0.05, 0.1) is 12.1 Å².